The second-order valence-electron chi connectivity index (χ2n) is 6.76. The number of carboxylic acid groups (broad SMARTS) is 1. The Bertz CT molecular complexity index is 456. The van der Waals surface area contributed by atoms with Crippen molar-refractivity contribution in [3.8, 4) is 0 Å². The number of hydrogen-bond acceptors (Lipinski definition) is 2. The summed E-state index contributed by atoms with van der Waals surface area (Å²) in [6, 6.07) is 10.6. The van der Waals surface area contributed by atoms with Gasteiger partial charge in [-0.1, -0.05) is 30.3 Å². The molecule has 1 aliphatic rings. The van der Waals surface area contributed by atoms with Crippen molar-refractivity contribution in [2.24, 2.45) is 11.3 Å². The van der Waals surface area contributed by atoms with Gasteiger partial charge in [-0.25, -0.2) is 0 Å². The number of benzene rings is 1. The average Bonchev–Trinajstić information content (AvgIpc) is 2.48. The molecule has 116 valence electrons. The van der Waals surface area contributed by atoms with Gasteiger partial charge in [-0.05, 0) is 64.1 Å². The molecule has 2 rings (SSSR count). The molecule has 1 aromatic carbocycles. The number of piperidine rings is 1. The molecule has 1 saturated heterocycles. The maximum absolute atomic E-state index is 11.4. The van der Waals surface area contributed by atoms with Crippen LogP contribution >= 0.6 is 0 Å². The van der Waals surface area contributed by atoms with Crippen molar-refractivity contribution in [3.63, 3.8) is 0 Å². The molecule has 3 nitrogen and oxygen atoms in total. The minimum Gasteiger partial charge on any atom is -0.481 e. The highest BCUT2D eigenvalue weighted by Crippen LogP contribution is 2.34. The lowest BCUT2D eigenvalue weighted by Crippen LogP contribution is -2.45. The quantitative estimate of drug-likeness (QED) is 0.872. The van der Waals surface area contributed by atoms with Gasteiger partial charge in [0.1, 0.15) is 0 Å². The zero-order valence-electron chi connectivity index (χ0n) is 13.2. The monoisotopic (exact) mass is 289 g/mol. The fourth-order valence-corrected chi connectivity index (χ4v) is 3.17. The maximum Gasteiger partial charge on any atom is 0.309 e. The average molecular weight is 289 g/mol. The number of carbonyl (C=O) groups is 1. The van der Waals surface area contributed by atoms with Crippen molar-refractivity contribution in [2.75, 3.05) is 19.6 Å². The fourth-order valence-electron chi connectivity index (χ4n) is 3.17. The van der Waals surface area contributed by atoms with Crippen molar-refractivity contribution in [3.05, 3.63) is 35.9 Å². The Morgan fingerprint density at radius 3 is 2.71 bits per heavy atom. The molecule has 1 fully saturated rings. The lowest BCUT2D eigenvalue weighted by atomic mass is 9.74. The summed E-state index contributed by atoms with van der Waals surface area (Å²) in [5.41, 5.74) is 0.773. The Labute approximate surface area is 128 Å². The predicted molar refractivity (Wildman–Crippen MR) is 85.3 cm³/mol. The molecule has 1 atom stereocenters. The Hall–Kier alpha value is -1.35. The van der Waals surface area contributed by atoms with E-state index in [0.717, 1.165) is 45.3 Å². The molecule has 0 aliphatic carbocycles. The lowest BCUT2D eigenvalue weighted by Gasteiger charge is -2.39. The van der Waals surface area contributed by atoms with E-state index in [0.29, 0.717) is 0 Å². The highest BCUT2D eigenvalue weighted by atomic mass is 16.4. The molecule has 3 heteroatoms. The molecule has 1 aliphatic heterocycles. The molecular weight excluding hydrogens is 262 g/mol. The lowest BCUT2D eigenvalue weighted by molar-refractivity contribution is -0.151. The third-order valence-electron chi connectivity index (χ3n) is 4.86. The second-order valence-corrected chi connectivity index (χ2v) is 6.76. The van der Waals surface area contributed by atoms with E-state index in [1.54, 1.807) is 0 Å². The third-order valence-corrected chi connectivity index (χ3v) is 4.86. The van der Waals surface area contributed by atoms with E-state index >= 15 is 0 Å². The van der Waals surface area contributed by atoms with Crippen molar-refractivity contribution in [2.45, 2.75) is 39.5 Å². The van der Waals surface area contributed by atoms with E-state index in [9.17, 15) is 9.90 Å². The van der Waals surface area contributed by atoms with E-state index in [2.05, 4.69) is 29.2 Å². The van der Waals surface area contributed by atoms with Crippen LogP contribution in [0.3, 0.4) is 0 Å². The summed E-state index contributed by atoms with van der Waals surface area (Å²) in [5.74, 6) is -0.404. The van der Waals surface area contributed by atoms with Gasteiger partial charge in [-0.3, -0.25) is 4.79 Å². The largest absolute Gasteiger partial charge is 0.481 e. The van der Waals surface area contributed by atoms with Crippen molar-refractivity contribution in [1.82, 2.24) is 4.90 Å². The van der Waals surface area contributed by atoms with Gasteiger partial charge in [-0.2, -0.15) is 0 Å². The van der Waals surface area contributed by atoms with Gasteiger partial charge in [0.15, 0.2) is 0 Å². The number of likely N-dealkylation sites (tertiary alicyclic amines) is 1. The van der Waals surface area contributed by atoms with Gasteiger partial charge < -0.3 is 10.0 Å². The van der Waals surface area contributed by atoms with E-state index < -0.39 is 11.4 Å². The first-order valence-corrected chi connectivity index (χ1v) is 8.00. The van der Waals surface area contributed by atoms with E-state index in [-0.39, 0.29) is 5.92 Å². The van der Waals surface area contributed by atoms with Crippen LogP contribution in [-0.2, 0) is 11.2 Å². The van der Waals surface area contributed by atoms with Crippen LogP contribution in [0.15, 0.2) is 30.3 Å². The van der Waals surface area contributed by atoms with Crippen LogP contribution in [-0.4, -0.2) is 35.6 Å². The van der Waals surface area contributed by atoms with Gasteiger partial charge in [0.25, 0.3) is 0 Å². The minimum atomic E-state index is -0.668. The van der Waals surface area contributed by atoms with Gasteiger partial charge in [0.2, 0.25) is 0 Å². The van der Waals surface area contributed by atoms with Crippen LogP contribution in [0, 0.1) is 11.3 Å². The minimum absolute atomic E-state index is 0.264. The number of carboxylic acids is 1. The van der Waals surface area contributed by atoms with E-state index in [1.165, 1.54) is 5.56 Å². The number of hydrogen-bond donors (Lipinski definition) is 1. The summed E-state index contributed by atoms with van der Waals surface area (Å²) in [7, 11) is 0. The second kappa shape index (κ2) is 7.08. The predicted octanol–water partition coefficient (Wildman–Crippen LogP) is 3.44. The molecule has 1 heterocycles. The first-order valence-electron chi connectivity index (χ1n) is 8.00. The van der Waals surface area contributed by atoms with Crippen LogP contribution in [0.25, 0.3) is 0 Å². The molecule has 1 N–H and O–H groups in total. The summed E-state index contributed by atoms with van der Waals surface area (Å²) in [6.45, 7) is 6.84. The van der Waals surface area contributed by atoms with E-state index in [1.807, 2.05) is 19.9 Å². The Morgan fingerprint density at radius 1 is 1.33 bits per heavy atom. The normalized spacial score (nSPS) is 20.4. The molecule has 0 spiro atoms. The maximum atomic E-state index is 11.4. The Balaban J connectivity index is 1.80. The van der Waals surface area contributed by atoms with Gasteiger partial charge in [0.05, 0.1) is 5.41 Å². The van der Waals surface area contributed by atoms with Crippen molar-refractivity contribution in [1.29, 1.82) is 0 Å². The zero-order chi connectivity index (χ0) is 15.3. The molecule has 0 radical (unpaired) electrons. The number of rotatable bonds is 6. The Kier molecular flexibility index (Phi) is 5.40. The summed E-state index contributed by atoms with van der Waals surface area (Å²) >= 11 is 0. The van der Waals surface area contributed by atoms with Gasteiger partial charge in [0, 0.05) is 6.54 Å². The topological polar surface area (TPSA) is 40.5 Å². The molecule has 1 unspecified atom stereocenters. The van der Waals surface area contributed by atoms with Crippen LogP contribution in [0.1, 0.15) is 38.7 Å². The highest BCUT2D eigenvalue weighted by Gasteiger charge is 2.38. The van der Waals surface area contributed by atoms with Crippen LogP contribution in [0.5, 0.6) is 0 Å². The Morgan fingerprint density at radius 2 is 2.05 bits per heavy atom. The molecule has 0 amide bonds. The number of aliphatic carboxylic acids is 1. The summed E-state index contributed by atoms with van der Waals surface area (Å²) in [5, 5.41) is 9.39. The number of nitrogens with zero attached hydrogens (tertiary/aromatic N) is 1. The molecule has 1 aromatic rings. The van der Waals surface area contributed by atoms with Crippen molar-refractivity contribution < 1.29 is 9.90 Å². The van der Waals surface area contributed by atoms with Crippen LogP contribution < -0.4 is 0 Å². The first kappa shape index (κ1) is 16.0. The smallest absolute Gasteiger partial charge is 0.309 e. The molecule has 21 heavy (non-hydrogen) atoms. The first-order chi connectivity index (χ1) is 10.00. The van der Waals surface area contributed by atoms with Crippen LogP contribution in [0.2, 0.25) is 0 Å². The van der Waals surface area contributed by atoms with Gasteiger partial charge in [-0.15, -0.1) is 0 Å². The summed E-state index contributed by atoms with van der Waals surface area (Å²) < 4.78 is 0. The highest BCUT2D eigenvalue weighted by molar-refractivity contribution is 5.74. The SMILES string of the molecule is CC(C)(C(=O)O)C1CCCN(CCCc2ccccc2)C1. The molecule has 0 saturated carbocycles. The molecule has 0 aromatic heterocycles. The summed E-state index contributed by atoms with van der Waals surface area (Å²) in [4.78, 5) is 13.9. The number of aryl methyl sites for hydroxylation is 1. The van der Waals surface area contributed by atoms with Crippen LogP contribution in [0.4, 0.5) is 0 Å². The van der Waals surface area contributed by atoms with Gasteiger partial charge >= 0.3 is 5.97 Å². The third kappa shape index (κ3) is 4.31. The van der Waals surface area contributed by atoms with Crippen molar-refractivity contribution >= 4 is 5.97 Å². The fraction of sp³-hybridized carbons (Fsp3) is 0.611. The zero-order valence-corrected chi connectivity index (χ0v) is 13.2. The van der Waals surface area contributed by atoms with E-state index in [4.69, 9.17) is 0 Å². The molecular formula is C18H27NO2. The summed E-state index contributed by atoms with van der Waals surface area (Å²) in [6.07, 6.45) is 4.40. The standard InChI is InChI=1S/C18H27NO2/c1-18(2,17(20)21)16-11-7-13-19(14-16)12-6-10-15-8-4-3-5-9-15/h3-5,8-9,16H,6-7,10-14H2,1-2H3,(H,20,21). The molecule has 0 bridgehead atoms.